The van der Waals surface area contributed by atoms with Gasteiger partial charge in [0.25, 0.3) is 0 Å². The maximum Gasteiger partial charge on any atom is 0.0615 e. The van der Waals surface area contributed by atoms with Crippen LogP contribution in [0.2, 0.25) is 0 Å². The highest BCUT2D eigenvalue weighted by atomic mass is 15.5. The lowest BCUT2D eigenvalue weighted by Gasteiger charge is -2.37. The van der Waals surface area contributed by atoms with Crippen molar-refractivity contribution >= 4 is 6.21 Å². The van der Waals surface area contributed by atoms with Crippen molar-refractivity contribution in [2.45, 2.75) is 6.04 Å². The van der Waals surface area contributed by atoms with Crippen molar-refractivity contribution < 1.29 is 0 Å². The summed E-state index contributed by atoms with van der Waals surface area (Å²) in [7, 11) is 0. The Kier molecular flexibility index (Phi) is 5.25. The van der Waals surface area contributed by atoms with E-state index in [1.165, 1.54) is 33.4 Å². The maximum absolute atomic E-state index is 4.79. The van der Waals surface area contributed by atoms with E-state index in [-0.39, 0.29) is 0 Å². The molecule has 1 aliphatic heterocycles. The lowest BCUT2D eigenvalue weighted by molar-refractivity contribution is 0.114. The van der Waals surface area contributed by atoms with Gasteiger partial charge in [-0.1, -0.05) is 103 Å². The zero-order chi connectivity index (χ0) is 22.0. The van der Waals surface area contributed by atoms with Gasteiger partial charge >= 0.3 is 0 Å². The van der Waals surface area contributed by atoms with Gasteiger partial charge in [0.1, 0.15) is 0 Å². The molecule has 1 fully saturated rings. The summed E-state index contributed by atoms with van der Waals surface area (Å²) in [4.78, 5) is 2.62. The van der Waals surface area contributed by atoms with Gasteiger partial charge in [-0.25, -0.2) is 0 Å². The third-order valence-electron chi connectivity index (χ3n) is 6.84. The number of hydrazone groups is 1. The topological polar surface area (TPSA) is 18.8 Å². The first-order valence-corrected chi connectivity index (χ1v) is 11.7. The highest BCUT2D eigenvalue weighted by Crippen LogP contribution is 2.46. The molecule has 4 aromatic carbocycles. The fraction of sp³-hybridized carbons (Fsp3) is 0.167. The Labute approximate surface area is 195 Å². The Morgan fingerprint density at radius 2 is 1.12 bits per heavy atom. The van der Waals surface area contributed by atoms with Gasteiger partial charge < -0.3 is 0 Å². The molecule has 4 aromatic rings. The molecular formula is C30H27N3. The van der Waals surface area contributed by atoms with Gasteiger partial charge in [-0.3, -0.25) is 9.91 Å². The van der Waals surface area contributed by atoms with Crippen molar-refractivity contribution in [3.05, 3.63) is 120 Å². The summed E-state index contributed by atoms with van der Waals surface area (Å²) < 4.78 is 0. The first kappa shape index (κ1) is 20.0. The highest BCUT2D eigenvalue weighted by molar-refractivity contribution is 5.81. The molecule has 0 radical (unpaired) electrons. The molecule has 0 atom stereocenters. The van der Waals surface area contributed by atoms with Crippen LogP contribution < -0.4 is 0 Å². The first-order valence-electron chi connectivity index (χ1n) is 11.7. The van der Waals surface area contributed by atoms with Crippen LogP contribution in [0.3, 0.4) is 0 Å². The smallest absolute Gasteiger partial charge is 0.0615 e. The zero-order valence-electron chi connectivity index (χ0n) is 18.6. The van der Waals surface area contributed by atoms with E-state index in [0.717, 1.165) is 31.7 Å². The molecule has 1 saturated heterocycles. The second kappa shape index (κ2) is 8.68. The highest BCUT2D eigenvalue weighted by Gasteiger charge is 2.33. The van der Waals surface area contributed by atoms with Crippen LogP contribution in [-0.4, -0.2) is 42.3 Å². The van der Waals surface area contributed by atoms with Gasteiger partial charge in [0.15, 0.2) is 0 Å². The molecule has 0 unspecified atom stereocenters. The molecule has 3 nitrogen and oxygen atoms in total. The van der Waals surface area contributed by atoms with E-state index in [4.69, 9.17) is 5.10 Å². The molecule has 3 heteroatoms. The molecule has 0 bridgehead atoms. The van der Waals surface area contributed by atoms with Gasteiger partial charge in [0.2, 0.25) is 0 Å². The van der Waals surface area contributed by atoms with E-state index < -0.39 is 0 Å². The molecule has 2 aliphatic rings. The van der Waals surface area contributed by atoms with Crippen molar-refractivity contribution in [3.63, 3.8) is 0 Å². The molecule has 1 heterocycles. The van der Waals surface area contributed by atoms with Gasteiger partial charge in [-0.15, -0.1) is 0 Å². The van der Waals surface area contributed by atoms with Crippen LogP contribution >= 0.6 is 0 Å². The summed E-state index contributed by atoms with van der Waals surface area (Å²) in [6, 6.07) is 37.2. The van der Waals surface area contributed by atoms with Crippen molar-refractivity contribution in [2.24, 2.45) is 5.10 Å². The van der Waals surface area contributed by atoms with Crippen LogP contribution in [0.1, 0.15) is 22.7 Å². The third kappa shape index (κ3) is 3.85. The summed E-state index contributed by atoms with van der Waals surface area (Å²) >= 11 is 0. The van der Waals surface area contributed by atoms with E-state index in [0.29, 0.717) is 6.04 Å². The fourth-order valence-electron chi connectivity index (χ4n) is 5.15. The third-order valence-corrected chi connectivity index (χ3v) is 6.84. The molecule has 0 aromatic heterocycles. The number of nitrogens with zero attached hydrogens (tertiary/aromatic N) is 3. The second-order valence-electron chi connectivity index (χ2n) is 8.80. The number of fused-ring (bicyclic) bond motifs is 3. The van der Waals surface area contributed by atoms with Crippen LogP contribution in [0, 0.1) is 0 Å². The van der Waals surface area contributed by atoms with Crippen molar-refractivity contribution in [2.75, 3.05) is 26.2 Å². The molecule has 0 saturated carbocycles. The van der Waals surface area contributed by atoms with Crippen LogP contribution in [0.4, 0.5) is 0 Å². The van der Waals surface area contributed by atoms with Crippen LogP contribution in [-0.2, 0) is 0 Å². The summed E-state index contributed by atoms with van der Waals surface area (Å²) in [5, 5.41) is 6.99. The Bertz CT molecular complexity index is 1220. The Hall–Kier alpha value is -3.69. The van der Waals surface area contributed by atoms with E-state index >= 15 is 0 Å². The lowest BCUT2D eigenvalue weighted by Crippen LogP contribution is -2.45. The summed E-state index contributed by atoms with van der Waals surface area (Å²) in [5.74, 6) is 0. The average molecular weight is 430 g/mol. The zero-order valence-corrected chi connectivity index (χ0v) is 18.6. The van der Waals surface area contributed by atoms with Crippen molar-refractivity contribution in [1.29, 1.82) is 0 Å². The van der Waals surface area contributed by atoms with E-state index in [1.807, 2.05) is 6.21 Å². The molecule has 1 aliphatic carbocycles. The normalized spacial score (nSPS) is 16.2. The van der Waals surface area contributed by atoms with Crippen LogP contribution in [0.25, 0.3) is 22.3 Å². The molecule has 0 amide bonds. The van der Waals surface area contributed by atoms with Gasteiger partial charge in [-0.05, 0) is 38.9 Å². The monoisotopic (exact) mass is 429 g/mol. The van der Waals surface area contributed by atoms with E-state index in [2.05, 4.69) is 113 Å². The number of hydrogen-bond acceptors (Lipinski definition) is 3. The Morgan fingerprint density at radius 3 is 1.76 bits per heavy atom. The minimum Gasteiger partial charge on any atom is -0.294 e. The second-order valence-corrected chi connectivity index (χ2v) is 8.80. The fourth-order valence-corrected chi connectivity index (χ4v) is 5.15. The molecule has 162 valence electrons. The van der Waals surface area contributed by atoms with Gasteiger partial charge in [0, 0.05) is 26.2 Å². The quantitative estimate of drug-likeness (QED) is 0.366. The maximum atomic E-state index is 4.79. The number of rotatable bonds is 4. The average Bonchev–Trinajstić information content (AvgIpc) is 3.23. The summed E-state index contributed by atoms with van der Waals surface area (Å²) in [6.45, 7) is 3.91. The van der Waals surface area contributed by atoms with E-state index in [1.54, 1.807) is 0 Å². The van der Waals surface area contributed by atoms with Crippen molar-refractivity contribution in [1.82, 2.24) is 9.91 Å². The molecule has 33 heavy (non-hydrogen) atoms. The Morgan fingerprint density at radius 1 is 0.576 bits per heavy atom. The molecule has 6 rings (SSSR count). The minimum absolute atomic E-state index is 0.356. The lowest BCUT2D eigenvalue weighted by atomic mass is 10.0. The van der Waals surface area contributed by atoms with Gasteiger partial charge in [-0.2, -0.15) is 5.10 Å². The number of piperazine rings is 1. The van der Waals surface area contributed by atoms with Crippen LogP contribution in [0.5, 0.6) is 0 Å². The predicted molar refractivity (Wildman–Crippen MR) is 136 cm³/mol. The van der Waals surface area contributed by atoms with Crippen LogP contribution in [0.15, 0.2) is 108 Å². The number of benzene rings is 4. The summed E-state index contributed by atoms with van der Waals surface area (Å²) in [6.07, 6.45) is 1.99. The van der Waals surface area contributed by atoms with Gasteiger partial charge in [0.05, 0.1) is 12.3 Å². The van der Waals surface area contributed by atoms with Crippen molar-refractivity contribution in [3.8, 4) is 22.3 Å². The largest absolute Gasteiger partial charge is 0.294 e. The Balaban J connectivity index is 1.13. The molecular weight excluding hydrogens is 402 g/mol. The first-order chi connectivity index (χ1) is 16.4. The number of hydrogen-bond donors (Lipinski definition) is 0. The minimum atomic E-state index is 0.356. The predicted octanol–water partition coefficient (Wildman–Crippen LogP) is 6.08. The van der Waals surface area contributed by atoms with E-state index in [9.17, 15) is 0 Å². The SMILES string of the molecule is C(=N/N1CCN(C2c3ccccc3-c3ccccc32)CC1)/c1ccc(-c2ccccc2)cc1. The summed E-state index contributed by atoms with van der Waals surface area (Å²) in [5.41, 5.74) is 9.26. The molecule has 0 N–H and O–H groups in total. The molecule has 0 spiro atoms. The standard InChI is InChI=1S/C30H27N3/c1-2-8-24(9-3-1)25-16-14-23(15-17-25)22-31-33-20-18-32(19-21-33)30-28-12-6-4-10-26(28)27-11-5-7-13-29(27)30/h1-17,22,30H,18-21H2/b31-22-.